The number of carbonyl (C=O) groups is 1. The molecule has 5 nitrogen and oxygen atoms in total. The molecule has 0 unspecified atom stereocenters. The SMILES string of the molecule is Cc1cccc(-n2c(C)c(Br)c(/C=N\NC(=O)c3ccc(CN4CCc5ccccc5C4)cc3)c2C)c1. The average Bonchev–Trinajstić information content (AvgIpc) is 3.12. The molecule has 3 aromatic carbocycles. The third-order valence-electron chi connectivity index (χ3n) is 7.07. The monoisotopic (exact) mass is 554 g/mol. The Labute approximate surface area is 227 Å². The highest BCUT2D eigenvalue weighted by Crippen LogP contribution is 2.29. The van der Waals surface area contributed by atoms with Crippen molar-refractivity contribution in [2.24, 2.45) is 5.10 Å². The first kappa shape index (κ1) is 25.2. The second-order valence-corrected chi connectivity index (χ2v) is 10.5. The van der Waals surface area contributed by atoms with Gasteiger partial charge in [0, 0.05) is 52.3 Å². The Morgan fingerprint density at radius 3 is 2.49 bits per heavy atom. The van der Waals surface area contributed by atoms with Gasteiger partial charge in [-0.25, -0.2) is 5.43 Å². The highest BCUT2D eigenvalue weighted by atomic mass is 79.9. The predicted octanol–water partition coefficient (Wildman–Crippen LogP) is 6.49. The van der Waals surface area contributed by atoms with Crippen LogP contribution in [0.3, 0.4) is 0 Å². The molecule has 1 amide bonds. The van der Waals surface area contributed by atoms with Gasteiger partial charge in [-0.1, -0.05) is 48.5 Å². The summed E-state index contributed by atoms with van der Waals surface area (Å²) in [6, 6.07) is 24.9. The summed E-state index contributed by atoms with van der Waals surface area (Å²) in [6.07, 6.45) is 2.79. The van der Waals surface area contributed by atoms with Gasteiger partial charge in [0.1, 0.15) is 0 Å². The predicted molar refractivity (Wildman–Crippen MR) is 153 cm³/mol. The first-order valence-electron chi connectivity index (χ1n) is 12.6. The number of nitrogens with zero attached hydrogens (tertiary/aromatic N) is 3. The molecule has 4 aromatic rings. The van der Waals surface area contributed by atoms with E-state index in [0.717, 1.165) is 53.2 Å². The molecule has 0 fully saturated rings. The number of rotatable bonds is 6. The van der Waals surface area contributed by atoms with Gasteiger partial charge in [-0.3, -0.25) is 9.69 Å². The molecule has 5 rings (SSSR count). The summed E-state index contributed by atoms with van der Waals surface area (Å²) in [5, 5.41) is 4.27. The van der Waals surface area contributed by atoms with E-state index in [1.54, 1.807) is 6.21 Å². The largest absolute Gasteiger partial charge is 0.317 e. The van der Waals surface area contributed by atoms with Gasteiger partial charge in [-0.15, -0.1) is 0 Å². The second-order valence-electron chi connectivity index (χ2n) is 9.70. The molecule has 0 radical (unpaired) electrons. The van der Waals surface area contributed by atoms with Crippen LogP contribution in [0.5, 0.6) is 0 Å². The molecule has 0 saturated heterocycles. The van der Waals surface area contributed by atoms with Crippen LogP contribution in [0.4, 0.5) is 0 Å². The van der Waals surface area contributed by atoms with Crippen LogP contribution in [-0.4, -0.2) is 28.1 Å². The van der Waals surface area contributed by atoms with Crippen LogP contribution in [0.1, 0.15) is 49.6 Å². The van der Waals surface area contributed by atoms with Crippen LogP contribution in [0, 0.1) is 20.8 Å². The fourth-order valence-electron chi connectivity index (χ4n) is 5.06. The van der Waals surface area contributed by atoms with Gasteiger partial charge in [-0.2, -0.15) is 5.10 Å². The van der Waals surface area contributed by atoms with E-state index in [0.29, 0.717) is 5.56 Å². The highest BCUT2D eigenvalue weighted by molar-refractivity contribution is 9.10. The Balaban J connectivity index is 1.22. The molecule has 37 heavy (non-hydrogen) atoms. The van der Waals surface area contributed by atoms with Gasteiger partial charge in [0.25, 0.3) is 5.91 Å². The van der Waals surface area contributed by atoms with Crippen LogP contribution in [-0.2, 0) is 19.5 Å². The normalized spacial score (nSPS) is 13.6. The third-order valence-corrected chi connectivity index (χ3v) is 8.07. The van der Waals surface area contributed by atoms with E-state index in [4.69, 9.17) is 0 Å². The van der Waals surface area contributed by atoms with E-state index >= 15 is 0 Å². The van der Waals surface area contributed by atoms with E-state index in [1.165, 1.54) is 22.3 Å². The minimum Gasteiger partial charge on any atom is -0.317 e. The lowest BCUT2D eigenvalue weighted by molar-refractivity contribution is 0.0955. The van der Waals surface area contributed by atoms with E-state index in [-0.39, 0.29) is 5.91 Å². The standard InChI is InChI=1S/C31H31BrN4O/c1-21-7-6-10-28(17-21)36-22(2)29(30(32)23(36)3)18-33-34-31(37)26-13-11-24(12-14-26)19-35-16-15-25-8-4-5-9-27(25)20-35/h4-14,17-18H,15-16,19-20H2,1-3H3,(H,34,37)/b33-18-. The Morgan fingerprint density at radius 2 is 1.73 bits per heavy atom. The first-order chi connectivity index (χ1) is 17.9. The number of carbonyl (C=O) groups excluding carboxylic acids is 1. The summed E-state index contributed by atoms with van der Waals surface area (Å²) in [4.78, 5) is 15.2. The lowest BCUT2D eigenvalue weighted by Gasteiger charge is -2.28. The van der Waals surface area contributed by atoms with E-state index in [2.05, 4.69) is 105 Å². The van der Waals surface area contributed by atoms with Crippen molar-refractivity contribution < 1.29 is 4.79 Å². The first-order valence-corrected chi connectivity index (χ1v) is 13.4. The second kappa shape index (κ2) is 10.9. The van der Waals surface area contributed by atoms with Crippen LogP contribution in [0.15, 0.2) is 82.4 Å². The number of benzene rings is 3. The number of hydrogen-bond acceptors (Lipinski definition) is 3. The summed E-state index contributed by atoms with van der Waals surface area (Å²) < 4.78 is 3.16. The Hall–Kier alpha value is -3.48. The molecule has 0 spiro atoms. The van der Waals surface area contributed by atoms with E-state index in [1.807, 2.05) is 24.3 Å². The van der Waals surface area contributed by atoms with Crippen molar-refractivity contribution in [1.29, 1.82) is 0 Å². The minimum absolute atomic E-state index is 0.224. The zero-order valence-corrected chi connectivity index (χ0v) is 23.0. The number of halogens is 1. The van der Waals surface area contributed by atoms with Crippen molar-refractivity contribution in [3.63, 3.8) is 0 Å². The number of nitrogens with one attached hydrogen (secondary N) is 1. The molecule has 0 aliphatic carbocycles. The topological polar surface area (TPSA) is 49.6 Å². The van der Waals surface area contributed by atoms with Crippen molar-refractivity contribution in [1.82, 2.24) is 14.9 Å². The van der Waals surface area contributed by atoms with E-state index < -0.39 is 0 Å². The summed E-state index contributed by atoms with van der Waals surface area (Å²) in [5.74, 6) is -0.224. The summed E-state index contributed by atoms with van der Waals surface area (Å²) in [5.41, 5.74) is 12.7. The van der Waals surface area contributed by atoms with Crippen molar-refractivity contribution in [3.05, 3.63) is 122 Å². The molecular formula is C31H31BrN4O. The molecule has 1 aromatic heterocycles. The Morgan fingerprint density at radius 1 is 0.973 bits per heavy atom. The molecule has 0 saturated carbocycles. The maximum Gasteiger partial charge on any atom is 0.271 e. The molecule has 6 heteroatoms. The maximum atomic E-state index is 12.7. The highest BCUT2D eigenvalue weighted by Gasteiger charge is 2.17. The number of aromatic nitrogens is 1. The lowest BCUT2D eigenvalue weighted by atomic mass is 9.99. The van der Waals surface area contributed by atoms with Gasteiger partial charge in [0.15, 0.2) is 0 Å². The van der Waals surface area contributed by atoms with Gasteiger partial charge in [0.2, 0.25) is 0 Å². The average molecular weight is 556 g/mol. The Bertz CT molecular complexity index is 1470. The van der Waals surface area contributed by atoms with Crippen LogP contribution in [0.25, 0.3) is 5.69 Å². The van der Waals surface area contributed by atoms with Crippen LogP contribution < -0.4 is 5.43 Å². The summed E-state index contributed by atoms with van der Waals surface area (Å²) in [6.45, 7) is 9.10. The molecule has 188 valence electrons. The number of fused-ring (bicyclic) bond motifs is 1. The molecule has 0 atom stereocenters. The molecule has 0 bridgehead atoms. The molecule has 1 N–H and O–H groups in total. The fraction of sp³-hybridized carbons (Fsp3) is 0.226. The van der Waals surface area contributed by atoms with Gasteiger partial charge < -0.3 is 4.57 Å². The summed E-state index contributed by atoms with van der Waals surface area (Å²) >= 11 is 3.71. The lowest BCUT2D eigenvalue weighted by Crippen LogP contribution is -2.30. The molecule has 2 heterocycles. The van der Waals surface area contributed by atoms with Crippen molar-refractivity contribution in [3.8, 4) is 5.69 Å². The van der Waals surface area contributed by atoms with Crippen molar-refractivity contribution in [2.75, 3.05) is 6.54 Å². The quantitative estimate of drug-likeness (QED) is 0.219. The van der Waals surface area contributed by atoms with E-state index in [9.17, 15) is 4.79 Å². The zero-order chi connectivity index (χ0) is 25.9. The third kappa shape index (κ3) is 5.45. The minimum atomic E-state index is -0.224. The zero-order valence-electron chi connectivity index (χ0n) is 21.5. The summed E-state index contributed by atoms with van der Waals surface area (Å²) in [7, 11) is 0. The van der Waals surface area contributed by atoms with Crippen molar-refractivity contribution >= 4 is 28.1 Å². The number of amides is 1. The van der Waals surface area contributed by atoms with Crippen LogP contribution in [0.2, 0.25) is 0 Å². The maximum absolute atomic E-state index is 12.7. The number of hydrazone groups is 1. The molecule has 1 aliphatic rings. The Kier molecular flexibility index (Phi) is 7.40. The van der Waals surface area contributed by atoms with Gasteiger partial charge >= 0.3 is 0 Å². The fourth-order valence-corrected chi connectivity index (χ4v) is 5.62. The van der Waals surface area contributed by atoms with Crippen molar-refractivity contribution in [2.45, 2.75) is 40.3 Å². The molecular weight excluding hydrogens is 524 g/mol. The van der Waals surface area contributed by atoms with Crippen LogP contribution >= 0.6 is 15.9 Å². The van der Waals surface area contributed by atoms with Gasteiger partial charge in [0.05, 0.1) is 6.21 Å². The molecule has 1 aliphatic heterocycles. The number of hydrogen-bond donors (Lipinski definition) is 1. The van der Waals surface area contributed by atoms with Gasteiger partial charge in [-0.05, 0) is 89.6 Å². The number of aryl methyl sites for hydroxylation is 1. The smallest absolute Gasteiger partial charge is 0.271 e.